The normalized spacial score (nSPS) is 21.2. The van der Waals surface area contributed by atoms with Gasteiger partial charge in [-0.2, -0.15) is 0 Å². The number of rotatable bonds is 7. The molecular weight excluding hydrogens is 444 g/mol. The number of phenolic OH excluding ortho intramolecular Hbond substituents is 1. The first-order valence-corrected chi connectivity index (χ1v) is 11.6. The Bertz CT molecular complexity index is 1060. The van der Waals surface area contributed by atoms with Crippen LogP contribution >= 0.6 is 11.8 Å². The average Bonchev–Trinajstić information content (AvgIpc) is 3.32. The number of amides is 3. The molecule has 2 saturated heterocycles. The SMILES string of the molecule is Cc1cc(C2CN(C(C)COc3ccc(CC4SC(=O)NC4=O)cc3)C(=O)O2)cc(C)c1O. The largest absolute Gasteiger partial charge is 0.507 e. The zero-order chi connectivity index (χ0) is 23.7. The minimum absolute atomic E-state index is 0.203. The first-order chi connectivity index (χ1) is 15.7. The average molecular weight is 471 g/mol. The van der Waals surface area contributed by atoms with Crippen molar-refractivity contribution in [3.63, 3.8) is 0 Å². The predicted molar refractivity (Wildman–Crippen MR) is 124 cm³/mol. The fourth-order valence-electron chi connectivity index (χ4n) is 3.96. The highest BCUT2D eigenvalue weighted by atomic mass is 32.2. The van der Waals surface area contributed by atoms with Crippen molar-refractivity contribution >= 4 is 29.0 Å². The second-order valence-electron chi connectivity index (χ2n) is 8.42. The molecule has 0 spiro atoms. The van der Waals surface area contributed by atoms with Crippen LogP contribution < -0.4 is 10.1 Å². The Morgan fingerprint density at radius 2 is 1.85 bits per heavy atom. The molecule has 2 N–H and O–H groups in total. The Labute approximate surface area is 196 Å². The van der Waals surface area contributed by atoms with Gasteiger partial charge in [-0.1, -0.05) is 23.9 Å². The number of ether oxygens (including phenoxy) is 2. The molecular formula is C24H26N2O6S. The van der Waals surface area contributed by atoms with Crippen LogP contribution in [0.2, 0.25) is 0 Å². The Kier molecular flexibility index (Phi) is 6.51. The van der Waals surface area contributed by atoms with Gasteiger partial charge in [0.25, 0.3) is 5.24 Å². The molecule has 0 bridgehead atoms. The summed E-state index contributed by atoms with van der Waals surface area (Å²) in [6, 6.07) is 10.8. The Morgan fingerprint density at radius 1 is 1.18 bits per heavy atom. The number of aryl methyl sites for hydroxylation is 2. The monoisotopic (exact) mass is 470 g/mol. The summed E-state index contributed by atoms with van der Waals surface area (Å²) in [6.07, 6.45) is -0.317. The molecule has 3 unspecified atom stereocenters. The number of carbonyl (C=O) groups excluding carboxylic acids is 3. The third kappa shape index (κ3) is 5.08. The van der Waals surface area contributed by atoms with Gasteiger partial charge < -0.3 is 14.6 Å². The van der Waals surface area contributed by atoms with E-state index < -0.39 is 17.4 Å². The van der Waals surface area contributed by atoms with E-state index in [0.29, 0.717) is 25.3 Å². The minimum atomic E-state index is -0.403. The van der Waals surface area contributed by atoms with Gasteiger partial charge in [-0.25, -0.2) is 4.79 Å². The number of aromatic hydroxyl groups is 1. The highest BCUT2D eigenvalue weighted by molar-refractivity contribution is 8.15. The second-order valence-corrected chi connectivity index (χ2v) is 9.59. The molecule has 2 aromatic rings. The van der Waals surface area contributed by atoms with Gasteiger partial charge in [0.1, 0.15) is 24.2 Å². The zero-order valence-corrected chi connectivity index (χ0v) is 19.5. The Hall–Kier alpha value is -3.20. The molecule has 2 fully saturated rings. The molecule has 174 valence electrons. The number of carbonyl (C=O) groups is 3. The van der Waals surface area contributed by atoms with E-state index in [9.17, 15) is 19.5 Å². The zero-order valence-electron chi connectivity index (χ0n) is 18.7. The summed E-state index contributed by atoms with van der Waals surface area (Å²) in [7, 11) is 0. The van der Waals surface area contributed by atoms with E-state index in [4.69, 9.17) is 9.47 Å². The van der Waals surface area contributed by atoms with Gasteiger partial charge in [-0.3, -0.25) is 19.8 Å². The van der Waals surface area contributed by atoms with Crippen LogP contribution in [-0.4, -0.2) is 51.7 Å². The van der Waals surface area contributed by atoms with E-state index in [2.05, 4.69) is 5.32 Å². The third-order valence-corrected chi connectivity index (χ3v) is 6.84. The van der Waals surface area contributed by atoms with Gasteiger partial charge in [-0.05, 0) is 73.7 Å². The molecule has 33 heavy (non-hydrogen) atoms. The summed E-state index contributed by atoms with van der Waals surface area (Å²) in [6.45, 7) is 6.25. The second kappa shape index (κ2) is 9.35. The van der Waals surface area contributed by atoms with Crippen molar-refractivity contribution in [3.05, 3.63) is 58.7 Å². The van der Waals surface area contributed by atoms with Crippen LogP contribution in [0.25, 0.3) is 0 Å². The van der Waals surface area contributed by atoms with Gasteiger partial charge in [-0.15, -0.1) is 0 Å². The van der Waals surface area contributed by atoms with Crippen LogP contribution in [0.15, 0.2) is 36.4 Å². The van der Waals surface area contributed by atoms with Gasteiger partial charge in [0.05, 0.1) is 17.8 Å². The quantitative estimate of drug-likeness (QED) is 0.633. The van der Waals surface area contributed by atoms with Crippen LogP contribution in [0.5, 0.6) is 11.5 Å². The fourth-order valence-corrected chi connectivity index (χ4v) is 4.82. The smallest absolute Gasteiger partial charge is 0.410 e. The number of hydrogen-bond donors (Lipinski definition) is 2. The van der Waals surface area contributed by atoms with E-state index in [-0.39, 0.29) is 22.9 Å². The fraction of sp³-hybridized carbons (Fsp3) is 0.375. The number of nitrogens with one attached hydrogen (secondary N) is 1. The molecule has 0 aliphatic carbocycles. The molecule has 2 aromatic carbocycles. The molecule has 8 nitrogen and oxygen atoms in total. The van der Waals surface area contributed by atoms with Crippen LogP contribution in [0, 0.1) is 13.8 Å². The van der Waals surface area contributed by atoms with Crippen molar-refractivity contribution in [2.75, 3.05) is 13.2 Å². The number of cyclic esters (lactones) is 1. The summed E-state index contributed by atoms with van der Waals surface area (Å²) >= 11 is 1.01. The number of benzene rings is 2. The van der Waals surface area contributed by atoms with Crippen molar-refractivity contribution in [1.29, 1.82) is 0 Å². The van der Waals surface area contributed by atoms with E-state index in [1.165, 1.54) is 0 Å². The number of phenols is 1. The molecule has 2 aliphatic rings. The molecule has 0 aromatic heterocycles. The minimum Gasteiger partial charge on any atom is -0.507 e. The summed E-state index contributed by atoms with van der Waals surface area (Å²) in [5.74, 6) is 0.651. The van der Waals surface area contributed by atoms with Crippen LogP contribution in [0.4, 0.5) is 9.59 Å². The van der Waals surface area contributed by atoms with E-state index in [1.54, 1.807) is 4.90 Å². The van der Waals surface area contributed by atoms with Gasteiger partial charge in [0.2, 0.25) is 5.91 Å². The maximum absolute atomic E-state index is 12.4. The highest BCUT2D eigenvalue weighted by Crippen LogP contribution is 2.32. The number of imide groups is 1. The summed E-state index contributed by atoms with van der Waals surface area (Å²) in [4.78, 5) is 37.1. The molecule has 3 amide bonds. The van der Waals surface area contributed by atoms with Crippen molar-refractivity contribution in [1.82, 2.24) is 10.2 Å². The highest BCUT2D eigenvalue weighted by Gasteiger charge is 2.36. The summed E-state index contributed by atoms with van der Waals surface area (Å²) in [5.41, 5.74) is 3.29. The molecule has 2 aliphatic heterocycles. The third-order valence-electron chi connectivity index (χ3n) is 5.86. The Balaban J connectivity index is 1.31. The Morgan fingerprint density at radius 3 is 2.45 bits per heavy atom. The number of nitrogens with zero attached hydrogens (tertiary/aromatic N) is 1. The van der Waals surface area contributed by atoms with E-state index in [1.807, 2.05) is 57.2 Å². The first kappa shape index (κ1) is 23.0. The van der Waals surface area contributed by atoms with E-state index in [0.717, 1.165) is 34.0 Å². The molecule has 0 saturated carbocycles. The van der Waals surface area contributed by atoms with Gasteiger partial charge in [0.15, 0.2) is 0 Å². The van der Waals surface area contributed by atoms with Crippen LogP contribution in [0.1, 0.15) is 35.3 Å². The van der Waals surface area contributed by atoms with Crippen molar-refractivity contribution in [3.8, 4) is 11.5 Å². The molecule has 2 heterocycles. The molecule has 4 rings (SSSR count). The molecule has 3 atom stereocenters. The van der Waals surface area contributed by atoms with E-state index >= 15 is 0 Å². The van der Waals surface area contributed by atoms with Crippen molar-refractivity contribution in [2.45, 2.75) is 44.6 Å². The lowest BCUT2D eigenvalue weighted by Crippen LogP contribution is -2.38. The standard InChI is InChI=1S/C24H26N2O6S/c1-13-8-17(9-14(2)21(13)27)19-11-26(24(30)32-19)15(3)12-31-18-6-4-16(5-7-18)10-20-22(28)25-23(29)33-20/h4-9,15,19-20,27H,10-12H2,1-3H3,(H,25,28,29). The summed E-state index contributed by atoms with van der Waals surface area (Å²) < 4.78 is 11.4. The van der Waals surface area contributed by atoms with Crippen molar-refractivity contribution < 1.29 is 29.0 Å². The van der Waals surface area contributed by atoms with Crippen LogP contribution in [0.3, 0.4) is 0 Å². The van der Waals surface area contributed by atoms with Crippen LogP contribution in [-0.2, 0) is 16.0 Å². The maximum Gasteiger partial charge on any atom is 0.410 e. The number of hydrogen-bond acceptors (Lipinski definition) is 7. The predicted octanol–water partition coefficient (Wildman–Crippen LogP) is 3.86. The van der Waals surface area contributed by atoms with Gasteiger partial charge in [0, 0.05) is 0 Å². The van der Waals surface area contributed by atoms with Crippen molar-refractivity contribution in [2.24, 2.45) is 0 Å². The topological polar surface area (TPSA) is 105 Å². The maximum atomic E-state index is 12.4. The lowest BCUT2D eigenvalue weighted by Gasteiger charge is -2.22. The lowest BCUT2D eigenvalue weighted by atomic mass is 10.0. The van der Waals surface area contributed by atoms with Gasteiger partial charge >= 0.3 is 6.09 Å². The lowest BCUT2D eigenvalue weighted by molar-refractivity contribution is -0.118. The molecule has 0 radical (unpaired) electrons. The molecule has 9 heteroatoms. The summed E-state index contributed by atoms with van der Waals surface area (Å²) in [5, 5.41) is 11.6. The first-order valence-electron chi connectivity index (χ1n) is 10.7. The number of thioether (sulfide) groups is 1.